The molecule has 0 bridgehead atoms. The van der Waals surface area contributed by atoms with E-state index >= 15 is 0 Å². The molecule has 0 fully saturated rings. The fourth-order valence-corrected chi connectivity index (χ4v) is 1.77. The number of amides is 1. The molecule has 0 aliphatic carbocycles. The second-order valence-electron chi connectivity index (χ2n) is 4.10. The van der Waals surface area contributed by atoms with Crippen molar-refractivity contribution in [3.8, 4) is 0 Å². The van der Waals surface area contributed by atoms with E-state index in [2.05, 4.69) is 18.0 Å². The van der Waals surface area contributed by atoms with Crippen molar-refractivity contribution in [3.05, 3.63) is 53.9 Å². The zero-order chi connectivity index (χ0) is 13.4. The summed E-state index contributed by atoms with van der Waals surface area (Å²) in [7, 11) is 0. The first-order chi connectivity index (χ1) is 8.69. The van der Waals surface area contributed by atoms with Crippen molar-refractivity contribution in [1.82, 2.24) is 4.98 Å². The van der Waals surface area contributed by atoms with Gasteiger partial charge in [0.25, 0.3) is 0 Å². The molecule has 96 valence electrons. The molecule has 0 saturated heterocycles. The molecule has 1 heterocycles. The Hall–Kier alpha value is -1.90. The van der Waals surface area contributed by atoms with Gasteiger partial charge in [-0.1, -0.05) is 36.8 Å². The minimum absolute atomic E-state index is 0.301. The highest BCUT2D eigenvalue weighted by Gasteiger charge is 2.15. The van der Waals surface area contributed by atoms with Crippen molar-refractivity contribution in [3.63, 3.8) is 0 Å². The standard InChI is InChI=1S/C15H20N2O/c1-3-12(4-2)7-5-9-14(15(16)18)13-8-6-10-17-11-13/h3,5-8,10-11,14H,4,9H2,1-2H3,(H2,16,18). The second-order valence-corrected chi connectivity index (χ2v) is 4.10. The van der Waals surface area contributed by atoms with Crippen LogP contribution >= 0.6 is 0 Å². The average molecular weight is 244 g/mol. The predicted molar refractivity (Wildman–Crippen MR) is 74.0 cm³/mol. The van der Waals surface area contributed by atoms with Gasteiger partial charge in [0.15, 0.2) is 0 Å². The highest BCUT2D eigenvalue weighted by Crippen LogP contribution is 2.19. The van der Waals surface area contributed by atoms with E-state index < -0.39 is 0 Å². The molecule has 18 heavy (non-hydrogen) atoms. The van der Waals surface area contributed by atoms with Gasteiger partial charge in [-0.05, 0) is 31.4 Å². The van der Waals surface area contributed by atoms with Gasteiger partial charge in [-0.15, -0.1) is 0 Å². The summed E-state index contributed by atoms with van der Waals surface area (Å²) in [5.74, 6) is -0.615. The number of carbonyl (C=O) groups excluding carboxylic acids is 1. The minimum atomic E-state index is -0.314. The van der Waals surface area contributed by atoms with Crippen LogP contribution in [0, 0.1) is 0 Å². The number of rotatable bonds is 6. The van der Waals surface area contributed by atoms with Crippen LogP contribution in [0.2, 0.25) is 0 Å². The normalized spacial score (nSPS) is 13.8. The Balaban J connectivity index is 2.75. The predicted octanol–water partition coefficient (Wildman–Crippen LogP) is 2.95. The minimum Gasteiger partial charge on any atom is -0.369 e. The number of hydrogen-bond acceptors (Lipinski definition) is 2. The van der Waals surface area contributed by atoms with Crippen molar-refractivity contribution in [2.24, 2.45) is 5.73 Å². The summed E-state index contributed by atoms with van der Waals surface area (Å²) in [6.07, 6.45) is 11.1. The van der Waals surface area contributed by atoms with Gasteiger partial charge in [0.2, 0.25) is 5.91 Å². The summed E-state index contributed by atoms with van der Waals surface area (Å²) < 4.78 is 0. The molecule has 0 aromatic carbocycles. The van der Waals surface area contributed by atoms with E-state index in [1.165, 1.54) is 5.57 Å². The van der Waals surface area contributed by atoms with Gasteiger partial charge in [0, 0.05) is 12.4 Å². The molecular formula is C15H20N2O. The van der Waals surface area contributed by atoms with Crippen molar-refractivity contribution >= 4 is 5.91 Å². The Bertz CT molecular complexity index is 435. The zero-order valence-electron chi connectivity index (χ0n) is 11.0. The topological polar surface area (TPSA) is 56.0 Å². The van der Waals surface area contributed by atoms with Crippen LogP contribution in [0.5, 0.6) is 0 Å². The fraction of sp³-hybridized carbons (Fsp3) is 0.333. The van der Waals surface area contributed by atoms with Gasteiger partial charge in [0.05, 0.1) is 5.92 Å². The van der Waals surface area contributed by atoms with Crippen LogP contribution in [0.25, 0.3) is 0 Å². The van der Waals surface area contributed by atoms with E-state index in [-0.39, 0.29) is 11.8 Å². The summed E-state index contributed by atoms with van der Waals surface area (Å²) in [4.78, 5) is 15.5. The van der Waals surface area contributed by atoms with Gasteiger partial charge >= 0.3 is 0 Å². The third-order valence-electron chi connectivity index (χ3n) is 2.91. The lowest BCUT2D eigenvalue weighted by Gasteiger charge is -2.10. The number of hydrogen-bond donors (Lipinski definition) is 1. The summed E-state index contributed by atoms with van der Waals surface area (Å²) in [6, 6.07) is 3.70. The van der Waals surface area contributed by atoms with Crippen LogP contribution in [-0.2, 0) is 4.79 Å². The van der Waals surface area contributed by atoms with Crippen molar-refractivity contribution in [1.29, 1.82) is 0 Å². The molecule has 1 atom stereocenters. The zero-order valence-corrected chi connectivity index (χ0v) is 11.0. The van der Waals surface area contributed by atoms with Crippen LogP contribution in [0.4, 0.5) is 0 Å². The lowest BCUT2D eigenvalue weighted by molar-refractivity contribution is -0.119. The van der Waals surface area contributed by atoms with E-state index in [0.717, 1.165) is 12.0 Å². The van der Waals surface area contributed by atoms with Gasteiger partial charge in [-0.25, -0.2) is 0 Å². The molecule has 1 rings (SSSR count). The van der Waals surface area contributed by atoms with Crippen LogP contribution in [0.3, 0.4) is 0 Å². The first-order valence-corrected chi connectivity index (χ1v) is 6.20. The molecule has 3 heteroatoms. The molecule has 0 radical (unpaired) electrons. The molecule has 1 unspecified atom stereocenters. The van der Waals surface area contributed by atoms with E-state index in [1.807, 2.05) is 31.2 Å². The van der Waals surface area contributed by atoms with Gasteiger partial charge < -0.3 is 5.73 Å². The highest BCUT2D eigenvalue weighted by atomic mass is 16.1. The molecule has 1 amide bonds. The summed E-state index contributed by atoms with van der Waals surface area (Å²) in [5, 5.41) is 0. The maximum Gasteiger partial charge on any atom is 0.225 e. The van der Waals surface area contributed by atoms with Crippen molar-refractivity contribution in [2.75, 3.05) is 0 Å². The Morgan fingerprint density at radius 3 is 2.83 bits per heavy atom. The van der Waals surface area contributed by atoms with Gasteiger partial charge in [-0.2, -0.15) is 0 Å². The molecule has 1 aromatic rings. The third kappa shape index (κ3) is 4.17. The number of allylic oxidation sites excluding steroid dienone is 4. The third-order valence-corrected chi connectivity index (χ3v) is 2.91. The SMILES string of the molecule is CC=C(C=CCC(C(N)=O)c1cccnc1)CC. The van der Waals surface area contributed by atoms with Gasteiger partial charge in [-0.3, -0.25) is 9.78 Å². The first-order valence-electron chi connectivity index (χ1n) is 6.20. The summed E-state index contributed by atoms with van der Waals surface area (Å²) in [5.41, 5.74) is 7.56. The highest BCUT2D eigenvalue weighted by molar-refractivity contribution is 5.82. The number of pyridine rings is 1. The largest absolute Gasteiger partial charge is 0.369 e. The van der Waals surface area contributed by atoms with Crippen LogP contribution in [-0.4, -0.2) is 10.9 Å². The lowest BCUT2D eigenvalue weighted by Crippen LogP contribution is -2.21. The molecule has 2 N–H and O–H groups in total. The summed E-state index contributed by atoms with van der Waals surface area (Å²) in [6.45, 7) is 4.11. The van der Waals surface area contributed by atoms with E-state index in [0.29, 0.717) is 6.42 Å². The Labute approximate surface area is 108 Å². The van der Waals surface area contributed by atoms with Crippen LogP contribution in [0.15, 0.2) is 48.3 Å². The van der Waals surface area contributed by atoms with Crippen molar-refractivity contribution in [2.45, 2.75) is 32.6 Å². The van der Waals surface area contributed by atoms with Crippen molar-refractivity contribution < 1.29 is 4.79 Å². The smallest absolute Gasteiger partial charge is 0.225 e. The van der Waals surface area contributed by atoms with E-state index in [4.69, 9.17) is 5.73 Å². The Kier molecular flexibility index (Phi) is 5.85. The molecule has 0 aliphatic heterocycles. The first kappa shape index (κ1) is 14.2. The molecule has 0 spiro atoms. The average Bonchev–Trinajstić information content (AvgIpc) is 2.39. The lowest BCUT2D eigenvalue weighted by atomic mass is 9.96. The van der Waals surface area contributed by atoms with E-state index in [9.17, 15) is 4.79 Å². The second kappa shape index (κ2) is 7.43. The number of primary amides is 1. The summed E-state index contributed by atoms with van der Waals surface area (Å²) >= 11 is 0. The number of nitrogens with two attached hydrogens (primary N) is 1. The molecule has 0 aliphatic rings. The molecular weight excluding hydrogens is 224 g/mol. The van der Waals surface area contributed by atoms with E-state index in [1.54, 1.807) is 12.4 Å². The quantitative estimate of drug-likeness (QED) is 0.782. The number of nitrogens with zero attached hydrogens (tertiary/aromatic N) is 1. The maximum absolute atomic E-state index is 11.5. The monoisotopic (exact) mass is 244 g/mol. The number of aromatic nitrogens is 1. The fourth-order valence-electron chi connectivity index (χ4n) is 1.77. The molecule has 3 nitrogen and oxygen atoms in total. The maximum atomic E-state index is 11.5. The number of carbonyl (C=O) groups is 1. The van der Waals surface area contributed by atoms with Crippen LogP contribution in [0.1, 0.15) is 38.2 Å². The van der Waals surface area contributed by atoms with Gasteiger partial charge in [0.1, 0.15) is 0 Å². The molecule has 1 aromatic heterocycles. The van der Waals surface area contributed by atoms with Crippen LogP contribution < -0.4 is 5.73 Å². The molecule has 0 saturated carbocycles. The Morgan fingerprint density at radius 1 is 1.56 bits per heavy atom. The Morgan fingerprint density at radius 2 is 2.33 bits per heavy atom.